The highest BCUT2D eigenvalue weighted by Crippen LogP contribution is 2.32. The third-order valence-electron chi connectivity index (χ3n) is 3.18. The van der Waals surface area contributed by atoms with Gasteiger partial charge in [-0.05, 0) is 35.3 Å². The van der Waals surface area contributed by atoms with Gasteiger partial charge in [-0.3, -0.25) is 4.79 Å². The second-order valence-electron chi connectivity index (χ2n) is 4.97. The number of benzene rings is 1. The number of ether oxygens (including phenoxy) is 1. The van der Waals surface area contributed by atoms with Crippen molar-refractivity contribution in [2.24, 2.45) is 0 Å². The number of unbranched alkanes of at least 4 members (excludes halogenated alkanes) is 5. The van der Waals surface area contributed by atoms with Gasteiger partial charge in [0.15, 0.2) is 5.78 Å². The minimum absolute atomic E-state index is 0.0290. The second-order valence-corrected chi connectivity index (χ2v) is 5.83. The molecule has 1 aromatic rings. The first kappa shape index (κ1) is 17.0. The molecule has 0 radical (unpaired) electrons. The number of ketones is 1. The van der Waals surface area contributed by atoms with Gasteiger partial charge in [-0.25, -0.2) is 0 Å². The van der Waals surface area contributed by atoms with Gasteiger partial charge in [-0.1, -0.05) is 39.0 Å². The van der Waals surface area contributed by atoms with Crippen LogP contribution < -0.4 is 4.74 Å². The average molecular weight is 343 g/mol. The predicted molar refractivity (Wildman–Crippen MR) is 84.7 cm³/mol. The molecule has 0 atom stereocenters. The van der Waals surface area contributed by atoms with Gasteiger partial charge in [0, 0.05) is 6.07 Å². The number of rotatable bonds is 9. The van der Waals surface area contributed by atoms with Crippen molar-refractivity contribution < 1.29 is 14.6 Å². The Kier molecular flexibility index (Phi) is 7.67. The molecule has 0 aliphatic heterocycles. The summed E-state index contributed by atoms with van der Waals surface area (Å²) in [4.78, 5) is 11.3. The Balaban J connectivity index is 2.41. The third kappa shape index (κ3) is 5.53. The van der Waals surface area contributed by atoms with E-state index in [9.17, 15) is 9.90 Å². The van der Waals surface area contributed by atoms with Crippen molar-refractivity contribution in [2.45, 2.75) is 52.4 Å². The predicted octanol–water partition coefficient (Wildman–Crippen LogP) is 5.10. The number of Topliss-reactive ketones (excluding diaryl/α,β-unsaturated/α-hetero) is 1. The van der Waals surface area contributed by atoms with Crippen LogP contribution in [0.2, 0.25) is 0 Å². The van der Waals surface area contributed by atoms with Crippen molar-refractivity contribution in [1.82, 2.24) is 0 Å². The van der Waals surface area contributed by atoms with Crippen LogP contribution in [0.25, 0.3) is 0 Å². The average Bonchev–Trinajstić information content (AvgIpc) is 2.40. The topological polar surface area (TPSA) is 46.5 Å². The first-order valence-corrected chi connectivity index (χ1v) is 8.01. The van der Waals surface area contributed by atoms with Crippen LogP contribution in [-0.4, -0.2) is 17.5 Å². The molecular weight excluding hydrogens is 320 g/mol. The van der Waals surface area contributed by atoms with Crippen LogP contribution in [0.1, 0.15) is 62.7 Å². The van der Waals surface area contributed by atoms with Crippen molar-refractivity contribution >= 4 is 21.7 Å². The lowest BCUT2D eigenvalue weighted by Crippen LogP contribution is -2.00. The molecule has 0 unspecified atom stereocenters. The molecule has 0 heterocycles. The summed E-state index contributed by atoms with van der Waals surface area (Å²) in [7, 11) is 0. The standard InChI is InChI=1S/C16H23BrO3/c1-3-4-5-6-7-8-9-20-16-11-15(19)13(12(2)18)10-14(16)17/h10-11,19H,3-9H2,1-2H3. The Bertz CT molecular complexity index is 444. The molecule has 0 bridgehead atoms. The summed E-state index contributed by atoms with van der Waals surface area (Å²) in [6, 6.07) is 3.10. The molecule has 0 spiro atoms. The van der Waals surface area contributed by atoms with E-state index >= 15 is 0 Å². The third-order valence-corrected chi connectivity index (χ3v) is 3.80. The highest BCUT2D eigenvalue weighted by molar-refractivity contribution is 9.10. The normalized spacial score (nSPS) is 10.6. The molecule has 1 aromatic carbocycles. The lowest BCUT2D eigenvalue weighted by atomic mass is 10.1. The van der Waals surface area contributed by atoms with E-state index in [1.54, 1.807) is 6.07 Å². The van der Waals surface area contributed by atoms with E-state index in [1.807, 2.05) is 0 Å². The minimum Gasteiger partial charge on any atom is -0.507 e. The SMILES string of the molecule is CCCCCCCCOc1cc(O)c(C(C)=O)cc1Br. The Morgan fingerprint density at radius 2 is 1.85 bits per heavy atom. The van der Waals surface area contributed by atoms with E-state index in [1.165, 1.54) is 38.7 Å². The smallest absolute Gasteiger partial charge is 0.163 e. The summed E-state index contributed by atoms with van der Waals surface area (Å²) in [6.07, 6.45) is 7.25. The number of carbonyl (C=O) groups is 1. The fraction of sp³-hybridized carbons (Fsp3) is 0.562. The fourth-order valence-corrected chi connectivity index (χ4v) is 2.46. The second kappa shape index (κ2) is 9.01. The maximum absolute atomic E-state index is 11.3. The van der Waals surface area contributed by atoms with Crippen LogP contribution in [0.5, 0.6) is 11.5 Å². The zero-order valence-electron chi connectivity index (χ0n) is 12.2. The van der Waals surface area contributed by atoms with Gasteiger partial charge in [-0.2, -0.15) is 0 Å². The zero-order chi connectivity index (χ0) is 15.0. The minimum atomic E-state index is -0.161. The van der Waals surface area contributed by atoms with Gasteiger partial charge in [-0.15, -0.1) is 0 Å². The van der Waals surface area contributed by atoms with E-state index in [0.29, 0.717) is 22.4 Å². The molecule has 112 valence electrons. The van der Waals surface area contributed by atoms with Crippen LogP contribution >= 0.6 is 15.9 Å². The first-order chi connectivity index (χ1) is 9.56. The zero-order valence-corrected chi connectivity index (χ0v) is 13.8. The summed E-state index contributed by atoms with van der Waals surface area (Å²) in [5.41, 5.74) is 0.309. The van der Waals surface area contributed by atoms with Gasteiger partial charge in [0.05, 0.1) is 16.6 Å². The van der Waals surface area contributed by atoms with Gasteiger partial charge in [0.2, 0.25) is 0 Å². The van der Waals surface area contributed by atoms with Crippen LogP contribution in [0.15, 0.2) is 16.6 Å². The summed E-state index contributed by atoms with van der Waals surface area (Å²) in [5.74, 6) is 0.394. The van der Waals surface area contributed by atoms with Crippen molar-refractivity contribution in [3.63, 3.8) is 0 Å². The molecule has 20 heavy (non-hydrogen) atoms. The molecule has 0 aliphatic rings. The van der Waals surface area contributed by atoms with Gasteiger partial charge in [0.25, 0.3) is 0 Å². The summed E-state index contributed by atoms with van der Waals surface area (Å²) in [6.45, 7) is 4.26. The number of phenols is 1. The first-order valence-electron chi connectivity index (χ1n) is 7.22. The maximum Gasteiger partial charge on any atom is 0.163 e. The molecular formula is C16H23BrO3. The number of hydrogen-bond donors (Lipinski definition) is 1. The molecule has 0 saturated heterocycles. The fourth-order valence-electron chi connectivity index (χ4n) is 2.00. The number of halogens is 1. The van der Waals surface area contributed by atoms with Crippen LogP contribution in [0.4, 0.5) is 0 Å². The van der Waals surface area contributed by atoms with E-state index in [0.717, 1.165) is 12.8 Å². The van der Waals surface area contributed by atoms with Crippen LogP contribution in [0.3, 0.4) is 0 Å². The van der Waals surface area contributed by atoms with Gasteiger partial charge < -0.3 is 9.84 Å². The van der Waals surface area contributed by atoms with E-state index in [2.05, 4.69) is 22.9 Å². The van der Waals surface area contributed by atoms with Crippen molar-refractivity contribution in [3.05, 3.63) is 22.2 Å². The van der Waals surface area contributed by atoms with E-state index < -0.39 is 0 Å². The summed E-state index contributed by atoms with van der Waals surface area (Å²) in [5, 5.41) is 9.76. The maximum atomic E-state index is 11.3. The number of phenolic OH excluding ortho intramolecular Hbond substituents is 1. The van der Waals surface area contributed by atoms with Crippen LogP contribution in [-0.2, 0) is 0 Å². The number of aromatic hydroxyl groups is 1. The highest BCUT2D eigenvalue weighted by Gasteiger charge is 2.11. The molecule has 4 heteroatoms. The molecule has 0 amide bonds. The van der Waals surface area contributed by atoms with Crippen molar-refractivity contribution in [1.29, 1.82) is 0 Å². The molecule has 1 N–H and O–H groups in total. The Labute approximate surface area is 129 Å². The molecule has 0 aliphatic carbocycles. The van der Waals surface area contributed by atoms with Gasteiger partial charge >= 0.3 is 0 Å². The molecule has 3 nitrogen and oxygen atoms in total. The summed E-state index contributed by atoms with van der Waals surface area (Å²) < 4.78 is 6.34. The highest BCUT2D eigenvalue weighted by atomic mass is 79.9. The monoisotopic (exact) mass is 342 g/mol. The Hall–Kier alpha value is -1.03. The number of hydrogen-bond acceptors (Lipinski definition) is 3. The lowest BCUT2D eigenvalue weighted by molar-refractivity contribution is 0.101. The Morgan fingerprint density at radius 3 is 2.50 bits per heavy atom. The molecule has 0 aromatic heterocycles. The lowest BCUT2D eigenvalue weighted by Gasteiger charge is -2.10. The van der Waals surface area contributed by atoms with Crippen LogP contribution in [0, 0.1) is 0 Å². The summed E-state index contributed by atoms with van der Waals surface area (Å²) >= 11 is 3.36. The molecule has 0 saturated carbocycles. The van der Waals surface area contributed by atoms with E-state index in [-0.39, 0.29) is 11.5 Å². The molecule has 0 fully saturated rings. The van der Waals surface area contributed by atoms with E-state index in [4.69, 9.17) is 4.74 Å². The van der Waals surface area contributed by atoms with Crippen molar-refractivity contribution in [2.75, 3.05) is 6.61 Å². The Morgan fingerprint density at radius 1 is 1.20 bits per heavy atom. The quantitative estimate of drug-likeness (QED) is 0.501. The molecule has 1 rings (SSSR count). The number of carbonyl (C=O) groups excluding carboxylic acids is 1. The largest absolute Gasteiger partial charge is 0.507 e. The van der Waals surface area contributed by atoms with Gasteiger partial charge in [0.1, 0.15) is 11.5 Å². The van der Waals surface area contributed by atoms with Crippen molar-refractivity contribution in [3.8, 4) is 11.5 Å².